The van der Waals surface area contributed by atoms with Crippen LogP contribution in [-0.4, -0.2) is 139 Å². The third kappa shape index (κ3) is 18.3. The number of imide groups is 1. The normalized spacial score (nSPS) is 17.1. The van der Waals surface area contributed by atoms with Crippen LogP contribution in [0, 0.1) is 23.7 Å². The molecule has 2 heterocycles. The number of thiazole rings is 1. The minimum Gasteiger partial charge on any atom is -0.497 e. The van der Waals surface area contributed by atoms with E-state index in [2.05, 4.69) is 18.1 Å². The van der Waals surface area contributed by atoms with Crippen LogP contribution in [0.15, 0.2) is 103 Å². The molecule has 88 heavy (non-hydrogen) atoms. The number of amides is 2. The van der Waals surface area contributed by atoms with Crippen molar-refractivity contribution < 1.29 is 99.9 Å². The van der Waals surface area contributed by atoms with Crippen LogP contribution in [0.2, 0.25) is 0 Å². The molecule has 2 saturated carbocycles. The van der Waals surface area contributed by atoms with Crippen molar-refractivity contribution in [3.05, 3.63) is 114 Å². The lowest BCUT2D eigenvalue weighted by molar-refractivity contribution is -0.145. The summed E-state index contributed by atoms with van der Waals surface area (Å²) in [6, 6.07) is 20.9. The lowest BCUT2D eigenvalue weighted by atomic mass is 9.82. The second-order valence-corrected chi connectivity index (χ2v) is 21.8. The Balaban J connectivity index is 0.800. The number of hydrogen-bond donors (Lipinski definition) is 0. The van der Waals surface area contributed by atoms with E-state index in [4.69, 9.17) is 61.6 Å². The van der Waals surface area contributed by atoms with Crippen LogP contribution in [0.25, 0.3) is 10.2 Å². The molecule has 0 saturated heterocycles. The maximum atomic E-state index is 14.5. The molecule has 24 heteroatoms. The van der Waals surface area contributed by atoms with Gasteiger partial charge in [-0.3, -0.25) is 28.8 Å². The Morgan fingerprint density at radius 2 is 0.807 bits per heavy atom. The van der Waals surface area contributed by atoms with Crippen molar-refractivity contribution in [3.8, 4) is 40.2 Å². The van der Waals surface area contributed by atoms with Crippen LogP contribution in [0.4, 0.5) is 5.13 Å². The number of rotatable bonds is 32. The van der Waals surface area contributed by atoms with E-state index >= 15 is 0 Å². The summed E-state index contributed by atoms with van der Waals surface area (Å²) >= 11 is 1.07. The van der Waals surface area contributed by atoms with Crippen LogP contribution in [-0.2, 0) is 57.2 Å². The molecule has 1 aromatic heterocycles. The molecule has 0 N–H and O–H groups in total. The van der Waals surface area contributed by atoms with Gasteiger partial charge in [0.25, 0.3) is 11.8 Å². The number of carbonyl (C=O) groups excluding carboxylic acids is 8. The fourth-order valence-corrected chi connectivity index (χ4v) is 10.6. The molecule has 3 aliphatic rings. The molecule has 0 unspecified atom stereocenters. The molecule has 0 atom stereocenters. The van der Waals surface area contributed by atoms with Crippen molar-refractivity contribution in [1.82, 2.24) is 4.98 Å². The van der Waals surface area contributed by atoms with Gasteiger partial charge in [-0.2, -0.15) is 0 Å². The Bertz CT molecular complexity index is 3130. The second-order valence-electron chi connectivity index (χ2n) is 20.8. The molecule has 468 valence electrons. The van der Waals surface area contributed by atoms with Gasteiger partial charge in [0, 0.05) is 11.1 Å². The fraction of sp³-hybridized carbons (Fsp3) is 0.422. The maximum absolute atomic E-state index is 14.5. The highest BCUT2D eigenvalue weighted by atomic mass is 32.1. The number of esters is 6. The first-order valence-electron chi connectivity index (χ1n) is 28.9. The van der Waals surface area contributed by atoms with Crippen LogP contribution in [0.5, 0.6) is 40.2 Å². The predicted octanol–water partition coefficient (Wildman–Crippen LogP) is 8.80. The van der Waals surface area contributed by atoms with Crippen LogP contribution >= 0.6 is 11.3 Å². The summed E-state index contributed by atoms with van der Waals surface area (Å²) in [4.78, 5) is 112. The molecule has 23 nitrogen and oxygen atoms in total. The highest BCUT2D eigenvalue weighted by Crippen LogP contribution is 2.44. The summed E-state index contributed by atoms with van der Waals surface area (Å²) in [6.07, 6.45) is 2.37. The van der Waals surface area contributed by atoms with Gasteiger partial charge in [0.05, 0.1) is 105 Å². The summed E-state index contributed by atoms with van der Waals surface area (Å²) in [5, 5.41) is 0.0335. The standard InChI is InChI=1S/C64H70N2O21S/c1-39(2)58(69)82-36-32-78-28-26-76-30-34-80-45-14-18-47(19-15-45)84-60(71)41-6-10-43(11-7-41)62(73)86-51-24-25-52(55-54(51)56(67)66(57(55)68)64-65-50-23-22-49(75-5)38-53(50)88-64)87-63(74)44-12-8-42(9-13-44)61(72)85-48-20-16-46(17-21-48)81-35-31-77-27-29-79-33-37-83-59(70)40(3)4/h14-25,38,41-44H,1,3,6-13,26-37H2,2,4-5H3. The van der Waals surface area contributed by atoms with E-state index in [1.807, 2.05) is 0 Å². The zero-order valence-electron chi connectivity index (χ0n) is 49.2. The van der Waals surface area contributed by atoms with Crippen molar-refractivity contribution in [2.75, 3.05) is 91.3 Å². The Hall–Kier alpha value is -8.55. The van der Waals surface area contributed by atoms with Crippen LogP contribution in [0.3, 0.4) is 0 Å². The molecule has 2 fully saturated rings. The van der Waals surface area contributed by atoms with E-state index in [1.165, 1.54) is 19.2 Å². The van der Waals surface area contributed by atoms with Gasteiger partial charge in [0.1, 0.15) is 66.7 Å². The Labute approximate surface area is 512 Å². The molecule has 1 aliphatic heterocycles. The van der Waals surface area contributed by atoms with Gasteiger partial charge in [0.15, 0.2) is 0 Å². The lowest BCUT2D eigenvalue weighted by Crippen LogP contribution is -2.31. The van der Waals surface area contributed by atoms with E-state index in [0.717, 1.165) is 16.2 Å². The number of fused-ring (bicyclic) bond motifs is 2. The van der Waals surface area contributed by atoms with Gasteiger partial charge in [-0.15, -0.1) is 0 Å². The first kappa shape index (κ1) is 65.4. The zero-order valence-corrected chi connectivity index (χ0v) is 50.1. The number of ether oxygens (including phenoxy) is 13. The SMILES string of the molecule is C=C(C)C(=O)OCCOCCOCCOc1ccc(OC(=O)C2CCC(C(=O)Oc3ccc(OC(=O)C4CCC(C(=O)Oc5ccc(OCCOCCOCCOC(=O)C(=C)C)cc5)CC4)c4c3C(=O)N(c3nc5ccc(OC)cc5s3)C4=O)CC2)cc1. The molecule has 2 aliphatic carbocycles. The van der Waals surface area contributed by atoms with Crippen molar-refractivity contribution in [2.24, 2.45) is 23.7 Å². The number of carbonyl (C=O) groups is 8. The lowest BCUT2D eigenvalue weighted by Gasteiger charge is -2.26. The summed E-state index contributed by atoms with van der Waals surface area (Å²) in [6.45, 7) is 13.3. The van der Waals surface area contributed by atoms with E-state index in [0.29, 0.717) is 115 Å². The Kier molecular flexibility index (Phi) is 24.1. The van der Waals surface area contributed by atoms with Gasteiger partial charge in [-0.05, 0) is 144 Å². The zero-order chi connectivity index (χ0) is 62.5. The van der Waals surface area contributed by atoms with Gasteiger partial charge in [0.2, 0.25) is 5.13 Å². The number of anilines is 1. The summed E-state index contributed by atoms with van der Waals surface area (Å²) in [7, 11) is 1.51. The first-order valence-corrected chi connectivity index (χ1v) is 29.7. The molecule has 0 bridgehead atoms. The molecule has 0 spiro atoms. The highest BCUT2D eigenvalue weighted by molar-refractivity contribution is 7.22. The van der Waals surface area contributed by atoms with Crippen LogP contribution < -0.4 is 38.1 Å². The van der Waals surface area contributed by atoms with Crippen molar-refractivity contribution in [1.29, 1.82) is 0 Å². The van der Waals surface area contributed by atoms with Gasteiger partial charge in [-0.1, -0.05) is 24.5 Å². The minimum atomic E-state index is -0.842. The molecule has 0 radical (unpaired) electrons. The van der Waals surface area contributed by atoms with Gasteiger partial charge in [-0.25, -0.2) is 19.5 Å². The summed E-state index contributed by atoms with van der Waals surface area (Å²) < 4.78 is 72.3. The predicted molar refractivity (Wildman–Crippen MR) is 316 cm³/mol. The minimum absolute atomic E-state index is 0.0335. The quantitative estimate of drug-likeness (QED) is 0.0128. The van der Waals surface area contributed by atoms with Crippen molar-refractivity contribution in [2.45, 2.75) is 65.2 Å². The van der Waals surface area contributed by atoms with Crippen LogP contribution in [0.1, 0.15) is 85.9 Å². The third-order valence-corrected chi connectivity index (χ3v) is 15.4. The average molecular weight is 1240 g/mol. The second kappa shape index (κ2) is 32.4. The van der Waals surface area contributed by atoms with Gasteiger partial charge < -0.3 is 61.6 Å². The van der Waals surface area contributed by atoms with Crippen molar-refractivity contribution >= 4 is 74.3 Å². The molecule has 5 aromatic rings. The number of nitrogens with zero attached hydrogens (tertiary/aromatic N) is 2. The number of aromatic nitrogens is 1. The smallest absolute Gasteiger partial charge is 0.333 e. The van der Waals surface area contributed by atoms with E-state index in [9.17, 15) is 38.4 Å². The number of methoxy groups -OCH3 is 1. The van der Waals surface area contributed by atoms with E-state index < -0.39 is 71.3 Å². The number of benzene rings is 4. The average Bonchev–Trinajstić information content (AvgIpc) is 1.73. The summed E-state index contributed by atoms with van der Waals surface area (Å²) in [5.41, 5.74) is 0.573. The number of hydrogen-bond acceptors (Lipinski definition) is 23. The first-order chi connectivity index (χ1) is 42.6. The monoisotopic (exact) mass is 1230 g/mol. The summed E-state index contributed by atoms with van der Waals surface area (Å²) in [5.74, 6) is -5.36. The van der Waals surface area contributed by atoms with Crippen molar-refractivity contribution in [3.63, 3.8) is 0 Å². The Morgan fingerprint density at radius 1 is 0.466 bits per heavy atom. The third-order valence-electron chi connectivity index (χ3n) is 14.4. The largest absolute Gasteiger partial charge is 0.497 e. The van der Waals surface area contributed by atoms with E-state index in [-0.39, 0.29) is 93.1 Å². The van der Waals surface area contributed by atoms with E-state index in [1.54, 1.807) is 80.6 Å². The maximum Gasteiger partial charge on any atom is 0.333 e. The van der Waals surface area contributed by atoms with Gasteiger partial charge >= 0.3 is 35.8 Å². The highest BCUT2D eigenvalue weighted by Gasteiger charge is 2.45. The molecule has 4 aromatic carbocycles. The topological polar surface area (TPSA) is 273 Å². The molecule has 8 rings (SSSR count). The molecule has 2 amide bonds. The Morgan fingerprint density at radius 3 is 1.18 bits per heavy atom. The fourth-order valence-electron chi connectivity index (χ4n) is 9.60. The molecular formula is C64H70N2O21S. The molecular weight excluding hydrogens is 1160 g/mol.